The molecule has 0 radical (unpaired) electrons. The first-order chi connectivity index (χ1) is 8.19. The fraction of sp³-hybridized carbons (Fsp3) is 0.600. The van der Waals surface area contributed by atoms with Crippen molar-refractivity contribution in [2.45, 2.75) is 39.8 Å². The smallest absolute Gasteiger partial charge is 0.0239 e. The van der Waals surface area contributed by atoms with Crippen LogP contribution in [0.1, 0.15) is 31.9 Å². The van der Waals surface area contributed by atoms with Crippen LogP contribution in [0.25, 0.3) is 0 Å². The lowest BCUT2D eigenvalue weighted by Crippen LogP contribution is -2.30. The van der Waals surface area contributed by atoms with Crippen molar-refractivity contribution in [2.75, 3.05) is 20.1 Å². The molecule has 1 aromatic carbocycles. The van der Waals surface area contributed by atoms with Gasteiger partial charge in [0, 0.05) is 12.6 Å². The van der Waals surface area contributed by atoms with Crippen molar-refractivity contribution in [3.05, 3.63) is 35.4 Å². The summed E-state index contributed by atoms with van der Waals surface area (Å²) in [6, 6.07) is 9.40. The van der Waals surface area contributed by atoms with Gasteiger partial charge in [0.1, 0.15) is 0 Å². The van der Waals surface area contributed by atoms with Gasteiger partial charge in [0.25, 0.3) is 0 Å². The summed E-state index contributed by atoms with van der Waals surface area (Å²) in [6.45, 7) is 9.98. The third-order valence-corrected chi connectivity index (χ3v) is 3.27. The van der Waals surface area contributed by atoms with E-state index < -0.39 is 0 Å². The zero-order valence-corrected chi connectivity index (χ0v) is 11.7. The Labute approximate surface area is 106 Å². The maximum absolute atomic E-state index is 3.22. The van der Waals surface area contributed by atoms with E-state index in [0.717, 1.165) is 26.1 Å². The van der Waals surface area contributed by atoms with Crippen LogP contribution in [0.3, 0.4) is 0 Å². The van der Waals surface area contributed by atoms with Gasteiger partial charge in [-0.15, -0.1) is 0 Å². The molecule has 0 bridgehead atoms. The minimum Gasteiger partial charge on any atom is -0.319 e. The molecule has 1 aromatic rings. The van der Waals surface area contributed by atoms with Gasteiger partial charge < -0.3 is 5.32 Å². The molecule has 0 saturated heterocycles. The molecule has 0 saturated carbocycles. The molecule has 0 heterocycles. The number of hydrogen-bond donors (Lipinski definition) is 1. The third-order valence-electron chi connectivity index (χ3n) is 3.27. The van der Waals surface area contributed by atoms with E-state index in [1.165, 1.54) is 11.1 Å². The fourth-order valence-electron chi connectivity index (χ4n) is 2.09. The summed E-state index contributed by atoms with van der Waals surface area (Å²) in [5.74, 6) is 0. The SMILES string of the molecule is CCN(Cc1ccccc1CCNC)C(C)C. The van der Waals surface area contributed by atoms with E-state index in [2.05, 4.69) is 55.3 Å². The van der Waals surface area contributed by atoms with Gasteiger partial charge in [0.05, 0.1) is 0 Å². The van der Waals surface area contributed by atoms with E-state index in [1.54, 1.807) is 0 Å². The van der Waals surface area contributed by atoms with Crippen LogP contribution >= 0.6 is 0 Å². The van der Waals surface area contributed by atoms with Gasteiger partial charge in [-0.25, -0.2) is 0 Å². The van der Waals surface area contributed by atoms with Crippen LogP contribution in [-0.4, -0.2) is 31.1 Å². The number of hydrogen-bond acceptors (Lipinski definition) is 2. The summed E-state index contributed by atoms with van der Waals surface area (Å²) < 4.78 is 0. The van der Waals surface area contributed by atoms with E-state index in [9.17, 15) is 0 Å². The van der Waals surface area contributed by atoms with Crippen LogP contribution < -0.4 is 5.32 Å². The van der Waals surface area contributed by atoms with Gasteiger partial charge in [-0.2, -0.15) is 0 Å². The van der Waals surface area contributed by atoms with E-state index in [-0.39, 0.29) is 0 Å². The van der Waals surface area contributed by atoms with Gasteiger partial charge in [-0.3, -0.25) is 4.90 Å². The van der Waals surface area contributed by atoms with Crippen LogP contribution in [0.4, 0.5) is 0 Å². The van der Waals surface area contributed by atoms with Gasteiger partial charge in [0.15, 0.2) is 0 Å². The lowest BCUT2D eigenvalue weighted by molar-refractivity contribution is 0.224. The molecule has 0 spiro atoms. The second-order valence-electron chi connectivity index (χ2n) is 4.78. The molecular formula is C15H26N2. The Morgan fingerprint density at radius 2 is 1.82 bits per heavy atom. The Kier molecular flexibility index (Phi) is 6.23. The van der Waals surface area contributed by atoms with Crippen LogP contribution in [0.2, 0.25) is 0 Å². The Balaban J connectivity index is 2.74. The number of nitrogens with one attached hydrogen (secondary N) is 1. The van der Waals surface area contributed by atoms with E-state index in [4.69, 9.17) is 0 Å². The molecule has 2 heteroatoms. The minimum atomic E-state index is 0.609. The molecule has 1 rings (SSSR count). The summed E-state index contributed by atoms with van der Waals surface area (Å²) in [6.07, 6.45) is 1.11. The summed E-state index contributed by atoms with van der Waals surface area (Å²) in [7, 11) is 2.01. The number of benzene rings is 1. The quantitative estimate of drug-likeness (QED) is 0.780. The summed E-state index contributed by atoms with van der Waals surface area (Å²) in [5.41, 5.74) is 2.94. The average Bonchev–Trinajstić information content (AvgIpc) is 2.34. The minimum absolute atomic E-state index is 0.609. The molecule has 0 fully saturated rings. The van der Waals surface area contributed by atoms with E-state index in [0.29, 0.717) is 6.04 Å². The third kappa shape index (κ3) is 4.49. The van der Waals surface area contributed by atoms with Crippen molar-refractivity contribution in [3.63, 3.8) is 0 Å². The van der Waals surface area contributed by atoms with E-state index in [1.807, 2.05) is 7.05 Å². The monoisotopic (exact) mass is 234 g/mol. The maximum Gasteiger partial charge on any atom is 0.0239 e. The Morgan fingerprint density at radius 1 is 1.18 bits per heavy atom. The number of nitrogens with zero attached hydrogens (tertiary/aromatic N) is 1. The first-order valence-corrected chi connectivity index (χ1v) is 6.64. The summed E-state index contributed by atoms with van der Waals surface area (Å²) >= 11 is 0. The van der Waals surface area contributed by atoms with Crippen molar-refractivity contribution in [2.24, 2.45) is 0 Å². The van der Waals surface area contributed by atoms with Gasteiger partial charge in [0.2, 0.25) is 0 Å². The fourth-order valence-corrected chi connectivity index (χ4v) is 2.09. The highest BCUT2D eigenvalue weighted by Crippen LogP contribution is 2.13. The van der Waals surface area contributed by atoms with Crippen molar-refractivity contribution in [1.82, 2.24) is 10.2 Å². The van der Waals surface area contributed by atoms with Crippen LogP contribution in [0.15, 0.2) is 24.3 Å². The summed E-state index contributed by atoms with van der Waals surface area (Å²) in [4.78, 5) is 2.50. The highest BCUT2D eigenvalue weighted by atomic mass is 15.1. The Hall–Kier alpha value is -0.860. The number of rotatable bonds is 7. The van der Waals surface area contributed by atoms with Crippen molar-refractivity contribution < 1.29 is 0 Å². The summed E-state index contributed by atoms with van der Waals surface area (Å²) in [5, 5.41) is 3.22. The van der Waals surface area contributed by atoms with Crippen molar-refractivity contribution >= 4 is 0 Å². The predicted molar refractivity (Wildman–Crippen MR) is 75.3 cm³/mol. The Morgan fingerprint density at radius 3 is 2.35 bits per heavy atom. The van der Waals surface area contributed by atoms with Crippen LogP contribution in [-0.2, 0) is 13.0 Å². The van der Waals surface area contributed by atoms with Gasteiger partial charge >= 0.3 is 0 Å². The lowest BCUT2D eigenvalue weighted by Gasteiger charge is -2.26. The van der Waals surface area contributed by atoms with Crippen molar-refractivity contribution in [1.29, 1.82) is 0 Å². The molecule has 96 valence electrons. The lowest BCUT2D eigenvalue weighted by atomic mass is 10.0. The average molecular weight is 234 g/mol. The second kappa shape index (κ2) is 7.46. The zero-order valence-electron chi connectivity index (χ0n) is 11.7. The zero-order chi connectivity index (χ0) is 12.7. The first-order valence-electron chi connectivity index (χ1n) is 6.64. The molecule has 0 atom stereocenters. The Bertz CT molecular complexity index is 320. The largest absolute Gasteiger partial charge is 0.319 e. The molecule has 0 aromatic heterocycles. The normalized spacial score (nSPS) is 11.4. The van der Waals surface area contributed by atoms with E-state index >= 15 is 0 Å². The van der Waals surface area contributed by atoms with Gasteiger partial charge in [-0.1, -0.05) is 31.2 Å². The van der Waals surface area contributed by atoms with Crippen LogP contribution in [0.5, 0.6) is 0 Å². The molecular weight excluding hydrogens is 208 g/mol. The molecule has 2 nitrogen and oxygen atoms in total. The maximum atomic E-state index is 3.22. The van der Waals surface area contributed by atoms with Gasteiger partial charge in [-0.05, 0) is 51.5 Å². The molecule has 1 N–H and O–H groups in total. The number of likely N-dealkylation sites (N-methyl/N-ethyl adjacent to an activating group) is 1. The molecule has 0 aliphatic carbocycles. The standard InChI is InChI=1S/C15H26N2/c1-5-17(13(2)3)12-15-9-7-6-8-14(15)10-11-16-4/h6-9,13,16H,5,10-12H2,1-4H3. The molecule has 0 aliphatic rings. The molecule has 0 amide bonds. The second-order valence-corrected chi connectivity index (χ2v) is 4.78. The first kappa shape index (κ1) is 14.2. The highest BCUT2D eigenvalue weighted by molar-refractivity contribution is 5.27. The predicted octanol–water partition coefficient (Wildman–Crippen LogP) is 2.68. The van der Waals surface area contributed by atoms with Crippen LogP contribution in [0, 0.1) is 0 Å². The highest BCUT2D eigenvalue weighted by Gasteiger charge is 2.09. The topological polar surface area (TPSA) is 15.3 Å². The van der Waals surface area contributed by atoms with Crippen molar-refractivity contribution in [3.8, 4) is 0 Å². The molecule has 0 aliphatic heterocycles. The molecule has 17 heavy (non-hydrogen) atoms. The molecule has 0 unspecified atom stereocenters.